The highest BCUT2D eigenvalue weighted by molar-refractivity contribution is 5.96. The zero-order valence-corrected chi connectivity index (χ0v) is 12.8. The van der Waals surface area contributed by atoms with Crippen molar-refractivity contribution in [2.45, 2.75) is 26.0 Å². The van der Waals surface area contributed by atoms with Gasteiger partial charge in [-0.15, -0.1) is 0 Å². The van der Waals surface area contributed by atoms with Gasteiger partial charge in [0.2, 0.25) is 5.91 Å². The van der Waals surface area contributed by atoms with Crippen molar-refractivity contribution < 1.29 is 14.3 Å². The molecule has 6 heteroatoms. The Morgan fingerprint density at radius 1 is 1.57 bits per heavy atom. The van der Waals surface area contributed by atoms with Crippen LogP contribution in [0.25, 0.3) is 0 Å². The fourth-order valence-electron chi connectivity index (χ4n) is 2.41. The number of morpholine rings is 1. The Labute approximate surface area is 125 Å². The third kappa shape index (κ3) is 3.86. The lowest BCUT2D eigenvalue weighted by molar-refractivity contribution is -0.123. The number of hydrogen-bond donors (Lipinski definition) is 2. The van der Waals surface area contributed by atoms with E-state index in [1.165, 1.54) is 0 Å². The maximum absolute atomic E-state index is 12.4. The van der Waals surface area contributed by atoms with Crippen molar-refractivity contribution in [3.8, 4) is 5.75 Å². The molecule has 3 N–H and O–H groups in total. The number of nitrogen functional groups attached to an aromatic ring is 1. The maximum Gasteiger partial charge on any atom is 0.241 e. The van der Waals surface area contributed by atoms with Crippen molar-refractivity contribution in [1.82, 2.24) is 4.90 Å². The summed E-state index contributed by atoms with van der Waals surface area (Å²) in [6, 6.07) is 4.95. The van der Waals surface area contributed by atoms with Crippen LogP contribution in [-0.2, 0) is 9.53 Å². The Bertz CT molecular complexity index is 507. The van der Waals surface area contributed by atoms with E-state index >= 15 is 0 Å². The first kappa shape index (κ1) is 15.6. The van der Waals surface area contributed by atoms with E-state index in [-0.39, 0.29) is 18.1 Å². The molecule has 1 amide bonds. The van der Waals surface area contributed by atoms with Gasteiger partial charge >= 0.3 is 0 Å². The number of amides is 1. The largest absolute Gasteiger partial charge is 0.494 e. The van der Waals surface area contributed by atoms with Gasteiger partial charge in [0, 0.05) is 24.8 Å². The number of nitrogens with two attached hydrogens (primary N) is 1. The number of carbonyl (C=O) groups excluding carboxylic acids is 1. The first-order chi connectivity index (χ1) is 10.0. The number of carbonyl (C=O) groups is 1. The molecule has 0 bridgehead atoms. The minimum Gasteiger partial charge on any atom is -0.494 e. The van der Waals surface area contributed by atoms with E-state index < -0.39 is 0 Å². The summed E-state index contributed by atoms with van der Waals surface area (Å²) in [5.74, 6) is 0.498. The molecule has 0 aliphatic carbocycles. The molecular weight excluding hydrogens is 270 g/mol. The van der Waals surface area contributed by atoms with Gasteiger partial charge in [0.1, 0.15) is 5.75 Å². The molecule has 1 aromatic carbocycles. The van der Waals surface area contributed by atoms with E-state index in [2.05, 4.69) is 10.2 Å². The molecule has 2 atom stereocenters. The summed E-state index contributed by atoms with van der Waals surface area (Å²) in [7, 11) is 1.55. The molecule has 1 aromatic rings. The second-order valence-corrected chi connectivity index (χ2v) is 5.30. The van der Waals surface area contributed by atoms with E-state index in [9.17, 15) is 4.79 Å². The van der Waals surface area contributed by atoms with Crippen LogP contribution in [0, 0.1) is 0 Å². The van der Waals surface area contributed by atoms with E-state index in [0.717, 1.165) is 13.1 Å². The number of ether oxygens (including phenoxy) is 2. The molecule has 2 rings (SSSR count). The fourth-order valence-corrected chi connectivity index (χ4v) is 2.41. The molecule has 6 nitrogen and oxygen atoms in total. The number of nitrogens with zero attached hydrogens (tertiary/aromatic N) is 1. The Balaban J connectivity index is 2.03. The first-order valence-corrected chi connectivity index (χ1v) is 7.11. The highest BCUT2D eigenvalue weighted by atomic mass is 16.5. The van der Waals surface area contributed by atoms with Gasteiger partial charge in [0.05, 0.1) is 31.5 Å². The monoisotopic (exact) mass is 293 g/mol. The molecule has 0 saturated carbocycles. The summed E-state index contributed by atoms with van der Waals surface area (Å²) in [6.07, 6.45) is 0.153. The number of benzene rings is 1. The maximum atomic E-state index is 12.4. The minimum absolute atomic E-state index is 0.0628. The van der Waals surface area contributed by atoms with Gasteiger partial charge in [-0.05, 0) is 26.0 Å². The minimum atomic E-state index is -0.224. The van der Waals surface area contributed by atoms with E-state index in [1.54, 1.807) is 25.3 Å². The van der Waals surface area contributed by atoms with Crippen LogP contribution in [0.1, 0.15) is 13.8 Å². The van der Waals surface area contributed by atoms with Crippen molar-refractivity contribution in [3.05, 3.63) is 18.2 Å². The van der Waals surface area contributed by atoms with Gasteiger partial charge in [0.25, 0.3) is 0 Å². The van der Waals surface area contributed by atoms with E-state index in [0.29, 0.717) is 23.7 Å². The molecule has 0 radical (unpaired) electrons. The fraction of sp³-hybridized carbons (Fsp3) is 0.533. The zero-order chi connectivity index (χ0) is 15.4. The standard InChI is InChI=1S/C15H23N3O3/c1-10-9-18(6-7-21-10)11(2)15(19)17-13-5-4-12(16)8-14(13)20-3/h4-5,8,10-11H,6-7,9,16H2,1-3H3,(H,17,19). The summed E-state index contributed by atoms with van der Waals surface area (Å²) < 4.78 is 10.7. The molecule has 1 aliphatic rings. The molecule has 21 heavy (non-hydrogen) atoms. The molecule has 1 saturated heterocycles. The second kappa shape index (κ2) is 6.78. The zero-order valence-electron chi connectivity index (χ0n) is 12.8. The van der Waals surface area contributed by atoms with Crippen molar-refractivity contribution in [1.29, 1.82) is 0 Å². The first-order valence-electron chi connectivity index (χ1n) is 7.11. The highest BCUT2D eigenvalue weighted by Crippen LogP contribution is 2.27. The third-order valence-corrected chi connectivity index (χ3v) is 3.68. The predicted molar refractivity (Wildman–Crippen MR) is 82.5 cm³/mol. The Morgan fingerprint density at radius 2 is 2.33 bits per heavy atom. The predicted octanol–water partition coefficient (Wildman–Crippen LogP) is 1.33. The van der Waals surface area contributed by atoms with Crippen molar-refractivity contribution in [2.75, 3.05) is 37.9 Å². The lowest BCUT2D eigenvalue weighted by Gasteiger charge is -2.34. The number of methoxy groups -OCH3 is 1. The number of hydrogen-bond acceptors (Lipinski definition) is 5. The number of anilines is 2. The summed E-state index contributed by atoms with van der Waals surface area (Å²) in [6.45, 7) is 6.09. The Morgan fingerprint density at radius 3 is 3.00 bits per heavy atom. The SMILES string of the molecule is COc1cc(N)ccc1NC(=O)C(C)N1CCOC(C)C1. The average molecular weight is 293 g/mol. The molecule has 2 unspecified atom stereocenters. The third-order valence-electron chi connectivity index (χ3n) is 3.68. The second-order valence-electron chi connectivity index (χ2n) is 5.30. The molecule has 0 aromatic heterocycles. The van der Waals surface area contributed by atoms with Gasteiger partial charge < -0.3 is 20.5 Å². The summed E-state index contributed by atoms with van der Waals surface area (Å²) >= 11 is 0. The molecule has 1 heterocycles. The lowest BCUT2D eigenvalue weighted by Crippen LogP contribution is -2.50. The molecular formula is C15H23N3O3. The van der Waals surface area contributed by atoms with Gasteiger partial charge in [-0.2, -0.15) is 0 Å². The smallest absolute Gasteiger partial charge is 0.241 e. The van der Waals surface area contributed by atoms with Crippen LogP contribution in [0.3, 0.4) is 0 Å². The van der Waals surface area contributed by atoms with Crippen LogP contribution in [0.5, 0.6) is 5.75 Å². The average Bonchev–Trinajstić information content (AvgIpc) is 2.48. The summed E-state index contributed by atoms with van der Waals surface area (Å²) in [5.41, 5.74) is 6.94. The van der Waals surface area contributed by atoms with Crippen molar-refractivity contribution in [2.24, 2.45) is 0 Å². The summed E-state index contributed by atoms with van der Waals surface area (Å²) in [5, 5.41) is 2.90. The van der Waals surface area contributed by atoms with Crippen LogP contribution in [0.15, 0.2) is 18.2 Å². The molecule has 0 spiro atoms. The van der Waals surface area contributed by atoms with Gasteiger partial charge in [-0.3, -0.25) is 9.69 Å². The van der Waals surface area contributed by atoms with Crippen molar-refractivity contribution in [3.63, 3.8) is 0 Å². The van der Waals surface area contributed by atoms with Gasteiger partial charge in [-0.25, -0.2) is 0 Å². The normalized spacial score (nSPS) is 20.8. The molecule has 1 aliphatic heterocycles. The van der Waals surface area contributed by atoms with Gasteiger partial charge in [-0.1, -0.05) is 0 Å². The lowest BCUT2D eigenvalue weighted by atomic mass is 10.2. The van der Waals surface area contributed by atoms with Crippen LogP contribution >= 0.6 is 0 Å². The van der Waals surface area contributed by atoms with Crippen LogP contribution in [0.4, 0.5) is 11.4 Å². The molecule has 116 valence electrons. The number of nitrogens with one attached hydrogen (secondary N) is 1. The number of rotatable bonds is 4. The quantitative estimate of drug-likeness (QED) is 0.819. The van der Waals surface area contributed by atoms with E-state index in [4.69, 9.17) is 15.2 Å². The van der Waals surface area contributed by atoms with Crippen molar-refractivity contribution >= 4 is 17.3 Å². The van der Waals surface area contributed by atoms with Crippen LogP contribution in [0.2, 0.25) is 0 Å². The van der Waals surface area contributed by atoms with Crippen LogP contribution in [-0.4, -0.2) is 49.8 Å². The molecule has 1 fully saturated rings. The topological polar surface area (TPSA) is 76.8 Å². The van der Waals surface area contributed by atoms with Crippen LogP contribution < -0.4 is 15.8 Å². The highest BCUT2D eigenvalue weighted by Gasteiger charge is 2.26. The van der Waals surface area contributed by atoms with Gasteiger partial charge in [0.15, 0.2) is 0 Å². The Hall–Kier alpha value is -1.79. The van der Waals surface area contributed by atoms with E-state index in [1.807, 2.05) is 13.8 Å². The Kier molecular flexibility index (Phi) is 5.03. The summed E-state index contributed by atoms with van der Waals surface area (Å²) in [4.78, 5) is 14.5.